The van der Waals surface area contributed by atoms with Gasteiger partial charge in [-0.15, -0.1) is 0 Å². The number of para-hydroxylation sites is 1. The molecule has 2 N–H and O–H groups in total. The number of anilines is 1. The molecule has 0 aliphatic carbocycles. The number of carbonyl (C=O) groups excluding carboxylic acids is 1. The number of amides is 1. The lowest BCUT2D eigenvalue weighted by Gasteiger charge is -2.10. The quantitative estimate of drug-likeness (QED) is 0.764. The molecule has 2 aromatic carbocycles. The van der Waals surface area contributed by atoms with Crippen molar-refractivity contribution in [1.82, 2.24) is 5.32 Å². The van der Waals surface area contributed by atoms with Gasteiger partial charge in [0.05, 0.1) is 15.6 Å². The zero-order valence-corrected chi connectivity index (χ0v) is 15.7. The van der Waals surface area contributed by atoms with Gasteiger partial charge in [-0.05, 0) is 48.7 Å². The van der Waals surface area contributed by atoms with E-state index in [9.17, 15) is 13.2 Å². The lowest BCUT2D eigenvalue weighted by Crippen LogP contribution is -2.25. The molecule has 0 aromatic heterocycles. The first kappa shape index (κ1) is 19.3. The summed E-state index contributed by atoms with van der Waals surface area (Å²) in [7, 11) is -3.77. The molecule has 0 spiro atoms. The van der Waals surface area contributed by atoms with Crippen LogP contribution in [-0.4, -0.2) is 20.9 Å². The molecule has 0 bridgehead atoms. The summed E-state index contributed by atoms with van der Waals surface area (Å²) in [6.07, 6.45) is 0.889. The Hall–Kier alpha value is -2.05. The smallest absolute Gasteiger partial charge is 0.261 e. The highest BCUT2D eigenvalue weighted by molar-refractivity contribution is 7.92. The van der Waals surface area contributed by atoms with E-state index in [0.717, 1.165) is 6.42 Å². The lowest BCUT2D eigenvalue weighted by molar-refractivity contribution is 0.0952. The highest BCUT2D eigenvalue weighted by atomic mass is 35.5. The van der Waals surface area contributed by atoms with Gasteiger partial charge in [-0.2, -0.15) is 0 Å². The first-order valence-electron chi connectivity index (χ1n) is 7.95. The minimum Gasteiger partial charge on any atom is -0.352 e. The average Bonchev–Trinajstić information content (AvgIpc) is 2.56. The third kappa shape index (κ3) is 5.47. The normalized spacial score (nSPS) is 11.4. The molecule has 0 fully saturated rings. The number of hydrogen-bond donors (Lipinski definition) is 2. The van der Waals surface area contributed by atoms with E-state index < -0.39 is 10.0 Å². The number of hydrogen-bond acceptors (Lipinski definition) is 3. The molecule has 5 nitrogen and oxygen atoms in total. The van der Waals surface area contributed by atoms with Crippen LogP contribution < -0.4 is 10.0 Å². The molecule has 0 aliphatic heterocycles. The third-order valence-electron chi connectivity index (χ3n) is 3.55. The molecular weight excluding hydrogens is 360 g/mol. The van der Waals surface area contributed by atoms with Gasteiger partial charge in [0.1, 0.15) is 0 Å². The van der Waals surface area contributed by atoms with Gasteiger partial charge in [-0.1, -0.05) is 37.6 Å². The van der Waals surface area contributed by atoms with Gasteiger partial charge >= 0.3 is 0 Å². The number of benzene rings is 2. The topological polar surface area (TPSA) is 75.3 Å². The minimum absolute atomic E-state index is 0.0613. The van der Waals surface area contributed by atoms with Crippen LogP contribution in [0.5, 0.6) is 0 Å². The predicted molar refractivity (Wildman–Crippen MR) is 100 cm³/mol. The van der Waals surface area contributed by atoms with Crippen molar-refractivity contribution in [2.45, 2.75) is 25.2 Å². The molecular formula is C18H21ClN2O3S. The van der Waals surface area contributed by atoms with Gasteiger partial charge in [-0.25, -0.2) is 8.42 Å². The summed E-state index contributed by atoms with van der Waals surface area (Å²) in [6, 6.07) is 12.4. The van der Waals surface area contributed by atoms with Crippen LogP contribution in [0, 0.1) is 5.92 Å². The molecule has 1 amide bonds. The van der Waals surface area contributed by atoms with E-state index in [4.69, 9.17) is 11.6 Å². The van der Waals surface area contributed by atoms with E-state index in [2.05, 4.69) is 23.9 Å². The van der Waals surface area contributed by atoms with Crippen LogP contribution in [0.25, 0.3) is 0 Å². The van der Waals surface area contributed by atoms with E-state index >= 15 is 0 Å². The van der Waals surface area contributed by atoms with Gasteiger partial charge in [0.25, 0.3) is 15.9 Å². The summed E-state index contributed by atoms with van der Waals surface area (Å²) in [4.78, 5) is 12.1. The van der Waals surface area contributed by atoms with Crippen molar-refractivity contribution in [2.75, 3.05) is 11.3 Å². The minimum atomic E-state index is -3.77. The van der Waals surface area contributed by atoms with Gasteiger partial charge < -0.3 is 5.32 Å². The Labute approximate surface area is 153 Å². The van der Waals surface area contributed by atoms with Gasteiger partial charge in [0, 0.05) is 12.1 Å². The van der Waals surface area contributed by atoms with E-state index in [1.54, 1.807) is 24.3 Å². The fraction of sp³-hybridized carbons (Fsp3) is 0.278. The van der Waals surface area contributed by atoms with Gasteiger partial charge in [0.2, 0.25) is 0 Å². The van der Waals surface area contributed by atoms with Gasteiger partial charge in [-0.3, -0.25) is 9.52 Å². The van der Waals surface area contributed by atoms with E-state index in [-0.39, 0.29) is 10.8 Å². The Morgan fingerprint density at radius 1 is 1.08 bits per heavy atom. The summed E-state index contributed by atoms with van der Waals surface area (Å²) < 4.78 is 27.3. The second-order valence-electron chi connectivity index (χ2n) is 6.05. The van der Waals surface area contributed by atoms with Crippen LogP contribution in [-0.2, 0) is 10.0 Å². The molecule has 0 unspecified atom stereocenters. The summed E-state index contributed by atoms with van der Waals surface area (Å²) in [5.41, 5.74) is 0.722. The van der Waals surface area contributed by atoms with E-state index in [1.165, 1.54) is 24.3 Å². The van der Waals surface area contributed by atoms with Crippen LogP contribution in [0.15, 0.2) is 53.4 Å². The molecule has 0 aliphatic rings. The summed E-state index contributed by atoms with van der Waals surface area (Å²) in [5, 5.41) is 3.13. The molecule has 0 heterocycles. The molecule has 0 saturated heterocycles. The molecule has 25 heavy (non-hydrogen) atoms. The summed E-state index contributed by atoms with van der Waals surface area (Å²) in [5.74, 6) is 0.285. The zero-order valence-electron chi connectivity index (χ0n) is 14.1. The van der Waals surface area contributed by atoms with Gasteiger partial charge in [0.15, 0.2) is 0 Å². The fourth-order valence-electron chi connectivity index (χ4n) is 2.11. The van der Waals surface area contributed by atoms with Crippen molar-refractivity contribution in [3.8, 4) is 0 Å². The predicted octanol–water partition coefficient (Wildman–Crippen LogP) is 3.92. The number of carbonyl (C=O) groups is 1. The second kappa shape index (κ2) is 8.36. The number of halogens is 1. The molecule has 7 heteroatoms. The maximum absolute atomic E-state index is 12.4. The largest absolute Gasteiger partial charge is 0.352 e. The lowest BCUT2D eigenvalue weighted by atomic mass is 10.1. The van der Waals surface area contributed by atoms with Crippen LogP contribution in [0.2, 0.25) is 5.02 Å². The second-order valence-corrected chi connectivity index (χ2v) is 8.14. The molecule has 0 atom stereocenters. The molecule has 2 aromatic rings. The van der Waals surface area contributed by atoms with Crippen molar-refractivity contribution in [3.63, 3.8) is 0 Å². The Balaban J connectivity index is 2.08. The fourth-order valence-corrected chi connectivity index (χ4v) is 3.43. The van der Waals surface area contributed by atoms with Crippen molar-refractivity contribution in [2.24, 2.45) is 5.92 Å². The molecule has 0 radical (unpaired) electrons. The summed E-state index contributed by atoms with van der Waals surface area (Å²) in [6.45, 7) is 4.75. The van der Waals surface area contributed by atoms with Crippen molar-refractivity contribution in [3.05, 3.63) is 59.1 Å². The maximum Gasteiger partial charge on any atom is 0.261 e. The SMILES string of the molecule is CC(C)CCNC(=O)c1ccc(S(=O)(=O)Nc2ccccc2Cl)cc1. The van der Waals surface area contributed by atoms with E-state index in [1.807, 2.05) is 0 Å². The third-order valence-corrected chi connectivity index (χ3v) is 5.26. The Bertz CT molecular complexity index is 834. The molecule has 0 saturated carbocycles. The average molecular weight is 381 g/mol. The van der Waals surface area contributed by atoms with Crippen molar-refractivity contribution < 1.29 is 13.2 Å². The number of nitrogens with one attached hydrogen (secondary N) is 2. The maximum atomic E-state index is 12.4. The first-order valence-corrected chi connectivity index (χ1v) is 9.81. The Morgan fingerprint density at radius 3 is 2.32 bits per heavy atom. The van der Waals surface area contributed by atoms with Crippen LogP contribution in [0.1, 0.15) is 30.6 Å². The standard InChI is InChI=1S/C18H21ClN2O3S/c1-13(2)11-12-20-18(22)14-7-9-15(10-8-14)25(23,24)21-17-6-4-3-5-16(17)19/h3-10,13,21H,11-12H2,1-2H3,(H,20,22). The van der Waals surface area contributed by atoms with E-state index in [0.29, 0.717) is 28.7 Å². The number of rotatable bonds is 7. The number of sulfonamides is 1. The van der Waals surface area contributed by atoms with Crippen molar-refractivity contribution >= 4 is 33.2 Å². The highest BCUT2D eigenvalue weighted by Gasteiger charge is 2.16. The first-order chi connectivity index (χ1) is 11.8. The Kier molecular flexibility index (Phi) is 6.45. The molecule has 2 rings (SSSR count). The van der Waals surface area contributed by atoms with Crippen LogP contribution in [0.4, 0.5) is 5.69 Å². The van der Waals surface area contributed by atoms with Crippen molar-refractivity contribution in [1.29, 1.82) is 0 Å². The Morgan fingerprint density at radius 2 is 1.72 bits per heavy atom. The van der Waals surface area contributed by atoms with Crippen LogP contribution >= 0.6 is 11.6 Å². The zero-order chi connectivity index (χ0) is 18.4. The monoisotopic (exact) mass is 380 g/mol. The molecule has 134 valence electrons. The van der Waals surface area contributed by atoms with Crippen LogP contribution in [0.3, 0.4) is 0 Å². The summed E-state index contributed by atoms with van der Waals surface area (Å²) >= 11 is 5.98. The highest BCUT2D eigenvalue weighted by Crippen LogP contribution is 2.24.